The van der Waals surface area contributed by atoms with Crippen LogP contribution in [0.2, 0.25) is 0 Å². The predicted octanol–water partition coefficient (Wildman–Crippen LogP) is 14.7. The van der Waals surface area contributed by atoms with Gasteiger partial charge in [0.15, 0.2) is 5.82 Å². The molecule has 266 valence electrons. The first-order valence-electron chi connectivity index (χ1n) is 19.3. The number of para-hydroxylation sites is 1. The molecule has 0 saturated carbocycles. The zero-order chi connectivity index (χ0) is 37.7. The lowest BCUT2D eigenvalue weighted by atomic mass is 9.93. The van der Waals surface area contributed by atoms with Gasteiger partial charge < -0.3 is 4.42 Å². The first-order valence-corrected chi connectivity index (χ1v) is 19.3. The Kier molecular flexibility index (Phi) is 7.82. The number of nitrogens with zero attached hydrogens (tertiary/aromatic N) is 2. The lowest BCUT2D eigenvalue weighted by Crippen LogP contribution is -1.97. The van der Waals surface area contributed by atoms with Gasteiger partial charge in [0.2, 0.25) is 0 Å². The molecule has 0 aliphatic rings. The number of fused-ring (bicyclic) bond motifs is 6. The fraction of sp³-hybridized carbons (Fsp3) is 0. The molecule has 0 spiro atoms. The summed E-state index contributed by atoms with van der Waals surface area (Å²) in [6.07, 6.45) is 0. The maximum Gasteiger partial charge on any atom is 0.160 e. The Hall–Kier alpha value is -7.62. The molecule has 2 heterocycles. The molecule has 0 radical (unpaired) electrons. The summed E-state index contributed by atoms with van der Waals surface area (Å²) in [7, 11) is 0. The summed E-state index contributed by atoms with van der Waals surface area (Å²) in [6, 6.07) is 72.9. The molecular formula is C54H34N2O. The highest BCUT2D eigenvalue weighted by Crippen LogP contribution is 2.39. The number of aromatic nitrogens is 2. The van der Waals surface area contributed by atoms with Gasteiger partial charge in [-0.15, -0.1) is 0 Å². The van der Waals surface area contributed by atoms with Crippen LogP contribution in [0.15, 0.2) is 211 Å². The highest BCUT2D eigenvalue weighted by atomic mass is 16.3. The quantitative estimate of drug-likeness (QED) is 0.160. The average Bonchev–Trinajstić information content (AvgIpc) is 3.67. The minimum Gasteiger partial charge on any atom is -0.456 e. The summed E-state index contributed by atoms with van der Waals surface area (Å²) >= 11 is 0. The van der Waals surface area contributed by atoms with Crippen LogP contribution in [0, 0.1) is 0 Å². The molecule has 3 heteroatoms. The Balaban J connectivity index is 1.07. The number of rotatable bonds is 6. The van der Waals surface area contributed by atoms with Crippen molar-refractivity contribution in [2.75, 3.05) is 0 Å². The van der Waals surface area contributed by atoms with Crippen LogP contribution in [0.5, 0.6) is 0 Å². The first-order chi connectivity index (χ1) is 28.2. The number of benzene rings is 9. The first kappa shape index (κ1) is 32.8. The van der Waals surface area contributed by atoms with Crippen LogP contribution in [0.4, 0.5) is 0 Å². The van der Waals surface area contributed by atoms with Gasteiger partial charge in [-0.1, -0.05) is 158 Å². The predicted molar refractivity (Wildman–Crippen MR) is 237 cm³/mol. The highest BCUT2D eigenvalue weighted by molar-refractivity contribution is 6.13. The Morgan fingerprint density at radius 3 is 1.60 bits per heavy atom. The summed E-state index contributed by atoms with van der Waals surface area (Å²) in [5, 5.41) is 7.21. The van der Waals surface area contributed by atoms with Gasteiger partial charge in [0.05, 0.1) is 11.4 Å². The van der Waals surface area contributed by atoms with Crippen molar-refractivity contribution < 1.29 is 4.42 Å². The van der Waals surface area contributed by atoms with Crippen molar-refractivity contribution in [3.8, 4) is 67.3 Å². The smallest absolute Gasteiger partial charge is 0.160 e. The third-order valence-corrected chi connectivity index (χ3v) is 11.1. The fourth-order valence-electron chi connectivity index (χ4n) is 8.22. The van der Waals surface area contributed by atoms with Crippen molar-refractivity contribution in [1.29, 1.82) is 0 Å². The largest absolute Gasteiger partial charge is 0.456 e. The summed E-state index contributed by atoms with van der Waals surface area (Å²) in [5.74, 6) is 0.680. The van der Waals surface area contributed by atoms with E-state index in [0.29, 0.717) is 5.82 Å². The number of hydrogen-bond acceptors (Lipinski definition) is 3. The standard InChI is InChI=1S/C54H34N2O/c1-3-13-35(14-4-1)41-29-42(39-27-28-53-49(32-39)47-21-11-12-22-52(47)57-53)31-43(30-41)51-34-50(37-15-5-2-6-16-37)55-54(56-51)38-25-23-36(24-26-38)48-33-40-17-7-8-18-44(40)45-19-9-10-20-46(45)48/h1-34H. The molecule has 0 unspecified atom stereocenters. The molecule has 0 N–H and O–H groups in total. The van der Waals surface area contributed by atoms with Gasteiger partial charge in [0, 0.05) is 27.5 Å². The molecule has 0 bridgehead atoms. The van der Waals surface area contributed by atoms with Gasteiger partial charge >= 0.3 is 0 Å². The Morgan fingerprint density at radius 1 is 0.281 bits per heavy atom. The monoisotopic (exact) mass is 726 g/mol. The summed E-state index contributed by atoms with van der Waals surface area (Å²) < 4.78 is 6.19. The molecule has 0 atom stereocenters. The van der Waals surface area contributed by atoms with E-state index in [-0.39, 0.29) is 0 Å². The Bertz CT molecular complexity index is 3270. The molecule has 2 aromatic heterocycles. The zero-order valence-electron chi connectivity index (χ0n) is 30.9. The van der Waals surface area contributed by atoms with Crippen LogP contribution in [-0.4, -0.2) is 9.97 Å². The lowest BCUT2D eigenvalue weighted by molar-refractivity contribution is 0.669. The van der Waals surface area contributed by atoms with Crippen molar-refractivity contribution in [3.05, 3.63) is 206 Å². The SMILES string of the molecule is c1ccc(-c2cc(-c3ccc4oc5ccccc5c4c3)cc(-c3cc(-c4ccccc4)nc(-c4ccc(-c5cc6ccccc6c6ccccc56)cc4)n3)c2)cc1. The Labute approximate surface area is 330 Å². The zero-order valence-corrected chi connectivity index (χ0v) is 30.9. The van der Waals surface area contributed by atoms with Crippen LogP contribution in [0.1, 0.15) is 0 Å². The topological polar surface area (TPSA) is 38.9 Å². The van der Waals surface area contributed by atoms with Crippen molar-refractivity contribution in [1.82, 2.24) is 9.97 Å². The molecule has 0 saturated heterocycles. The molecule has 0 aliphatic heterocycles. The molecule has 0 amide bonds. The van der Waals surface area contributed by atoms with E-state index < -0.39 is 0 Å². The van der Waals surface area contributed by atoms with Crippen LogP contribution in [0.25, 0.3) is 111 Å². The van der Waals surface area contributed by atoms with E-state index in [1.807, 2.05) is 18.2 Å². The molecular weight excluding hydrogens is 693 g/mol. The van der Waals surface area contributed by atoms with Crippen molar-refractivity contribution in [2.24, 2.45) is 0 Å². The van der Waals surface area contributed by atoms with E-state index in [0.717, 1.165) is 77.8 Å². The molecule has 0 aliphatic carbocycles. The van der Waals surface area contributed by atoms with E-state index in [1.54, 1.807) is 0 Å². The van der Waals surface area contributed by atoms with E-state index in [2.05, 4.69) is 188 Å². The second-order valence-corrected chi connectivity index (χ2v) is 14.6. The molecule has 9 aromatic carbocycles. The molecule has 11 aromatic rings. The van der Waals surface area contributed by atoms with Gasteiger partial charge in [-0.05, 0) is 103 Å². The van der Waals surface area contributed by atoms with Crippen LogP contribution in [0.3, 0.4) is 0 Å². The van der Waals surface area contributed by atoms with Crippen LogP contribution >= 0.6 is 0 Å². The maximum absolute atomic E-state index is 6.19. The molecule has 57 heavy (non-hydrogen) atoms. The maximum atomic E-state index is 6.19. The number of hydrogen-bond donors (Lipinski definition) is 0. The van der Waals surface area contributed by atoms with Crippen molar-refractivity contribution in [3.63, 3.8) is 0 Å². The Morgan fingerprint density at radius 2 is 0.825 bits per heavy atom. The van der Waals surface area contributed by atoms with E-state index in [4.69, 9.17) is 14.4 Å². The van der Waals surface area contributed by atoms with Gasteiger partial charge in [0.25, 0.3) is 0 Å². The minimum atomic E-state index is 0.680. The lowest BCUT2D eigenvalue weighted by Gasteiger charge is -2.14. The summed E-state index contributed by atoms with van der Waals surface area (Å²) in [5.41, 5.74) is 13.4. The second kappa shape index (κ2) is 13.6. The van der Waals surface area contributed by atoms with Gasteiger partial charge in [0.1, 0.15) is 11.2 Å². The fourth-order valence-corrected chi connectivity index (χ4v) is 8.22. The van der Waals surface area contributed by atoms with Crippen LogP contribution in [-0.2, 0) is 0 Å². The molecule has 11 rings (SSSR count). The van der Waals surface area contributed by atoms with Gasteiger partial charge in [-0.3, -0.25) is 0 Å². The average molecular weight is 727 g/mol. The summed E-state index contributed by atoms with van der Waals surface area (Å²) in [6.45, 7) is 0. The van der Waals surface area contributed by atoms with E-state index >= 15 is 0 Å². The second-order valence-electron chi connectivity index (χ2n) is 14.6. The van der Waals surface area contributed by atoms with E-state index in [1.165, 1.54) is 27.1 Å². The number of furan rings is 1. The molecule has 3 nitrogen and oxygen atoms in total. The third kappa shape index (κ3) is 5.94. The summed E-state index contributed by atoms with van der Waals surface area (Å²) in [4.78, 5) is 10.5. The molecule has 0 fully saturated rings. The van der Waals surface area contributed by atoms with E-state index in [9.17, 15) is 0 Å². The van der Waals surface area contributed by atoms with Crippen molar-refractivity contribution in [2.45, 2.75) is 0 Å². The third-order valence-electron chi connectivity index (χ3n) is 11.1. The highest BCUT2D eigenvalue weighted by Gasteiger charge is 2.16. The van der Waals surface area contributed by atoms with Crippen molar-refractivity contribution >= 4 is 43.5 Å². The van der Waals surface area contributed by atoms with Crippen LogP contribution < -0.4 is 0 Å². The normalized spacial score (nSPS) is 11.5. The minimum absolute atomic E-state index is 0.680. The van der Waals surface area contributed by atoms with Gasteiger partial charge in [-0.2, -0.15) is 0 Å². The van der Waals surface area contributed by atoms with Gasteiger partial charge in [-0.25, -0.2) is 9.97 Å².